The maximum absolute atomic E-state index is 9.28. The molecule has 0 radical (unpaired) electrons. The third-order valence-corrected chi connectivity index (χ3v) is 3.48. The van der Waals surface area contributed by atoms with Gasteiger partial charge < -0.3 is 0 Å². The fourth-order valence-corrected chi connectivity index (χ4v) is 2.36. The number of nitrogens with zero attached hydrogens (tertiary/aromatic N) is 2. The number of nitriles is 1. The Morgan fingerprint density at radius 1 is 1.44 bits per heavy atom. The fourth-order valence-electron chi connectivity index (χ4n) is 1.91. The Bertz CT molecular complexity index is 589. The van der Waals surface area contributed by atoms with Crippen LogP contribution in [0.5, 0.6) is 0 Å². The van der Waals surface area contributed by atoms with E-state index in [0.29, 0.717) is 0 Å². The number of benzene rings is 1. The highest BCUT2D eigenvalue weighted by atomic mass is 79.9. The molecule has 1 atom stereocenters. The number of pyridine rings is 1. The van der Waals surface area contributed by atoms with E-state index in [1.807, 2.05) is 24.3 Å². The first-order chi connectivity index (χ1) is 8.77. The molecule has 0 aliphatic carbocycles. The molecule has 0 aliphatic rings. The first-order valence-electron chi connectivity index (χ1n) is 5.94. The Kier molecular flexibility index (Phi) is 4.29. The molecule has 0 aliphatic heterocycles. The van der Waals surface area contributed by atoms with Crippen LogP contribution >= 0.6 is 15.9 Å². The van der Waals surface area contributed by atoms with Gasteiger partial charge in [0.2, 0.25) is 0 Å². The summed E-state index contributed by atoms with van der Waals surface area (Å²) in [5.74, 6) is 0. The van der Waals surface area contributed by atoms with Crippen molar-refractivity contribution in [3.63, 3.8) is 0 Å². The van der Waals surface area contributed by atoms with E-state index in [1.54, 1.807) is 6.20 Å². The maximum Gasteiger partial charge on any atom is 0.123 e. The van der Waals surface area contributed by atoms with Gasteiger partial charge in [-0.1, -0.05) is 35.0 Å². The molecule has 3 nitrogen and oxygen atoms in total. The first-order valence-corrected chi connectivity index (χ1v) is 6.73. The second-order valence-electron chi connectivity index (χ2n) is 4.05. The van der Waals surface area contributed by atoms with E-state index >= 15 is 0 Å². The lowest BCUT2D eigenvalue weighted by Gasteiger charge is -2.13. The van der Waals surface area contributed by atoms with Gasteiger partial charge in [0.05, 0.1) is 11.6 Å². The van der Waals surface area contributed by atoms with Crippen molar-refractivity contribution in [3.8, 4) is 6.07 Å². The SMILES string of the molecule is CCCNC(C#N)c1ccc(Br)c2cccnc12. The predicted molar refractivity (Wildman–Crippen MR) is 76.1 cm³/mol. The van der Waals surface area contributed by atoms with Crippen LogP contribution in [0.1, 0.15) is 24.9 Å². The van der Waals surface area contributed by atoms with Gasteiger partial charge >= 0.3 is 0 Å². The molecule has 1 unspecified atom stereocenters. The van der Waals surface area contributed by atoms with Gasteiger partial charge in [-0.15, -0.1) is 0 Å². The zero-order valence-corrected chi connectivity index (χ0v) is 11.7. The van der Waals surface area contributed by atoms with Crippen molar-refractivity contribution in [2.45, 2.75) is 19.4 Å². The van der Waals surface area contributed by atoms with Crippen LogP contribution in [0.3, 0.4) is 0 Å². The summed E-state index contributed by atoms with van der Waals surface area (Å²) in [6.07, 6.45) is 2.76. The van der Waals surface area contributed by atoms with Crippen LogP contribution in [0.25, 0.3) is 10.9 Å². The van der Waals surface area contributed by atoms with Crippen LogP contribution in [0.4, 0.5) is 0 Å². The van der Waals surface area contributed by atoms with E-state index in [9.17, 15) is 5.26 Å². The molecule has 2 aromatic rings. The first kappa shape index (κ1) is 13.0. The summed E-state index contributed by atoms with van der Waals surface area (Å²) in [5.41, 5.74) is 1.81. The summed E-state index contributed by atoms with van der Waals surface area (Å²) in [6.45, 7) is 2.90. The van der Waals surface area contributed by atoms with Crippen LogP contribution < -0.4 is 5.32 Å². The van der Waals surface area contributed by atoms with E-state index in [0.717, 1.165) is 33.9 Å². The highest BCUT2D eigenvalue weighted by Crippen LogP contribution is 2.28. The molecule has 0 fully saturated rings. The average molecular weight is 304 g/mol. The molecule has 1 heterocycles. The van der Waals surface area contributed by atoms with Gasteiger partial charge in [-0.2, -0.15) is 5.26 Å². The van der Waals surface area contributed by atoms with Gasteiger partial charge in [0.15, 0.2) is 0 Å². The van der Waals surface area contributed by atoms with Gasteiger partial charge in [0.1, 0.15) is 6.04 Å². The molecule has 2 rings (SSSR count). The summed E-state index contributed by atoms with van der Waals surface area (Å²) in [7, 11) is 0. The minimum absolute atomic E-state index is 0.310. The summed E-state index contributed by atoms with van der Waals surface area (Å²) >= 11 is 3.51. The number of rotatable bonds is 4. The zero-order chi connectivity index (χ0) is 13.0. The Labute approximate surface area is 115 Å². The second kappa shape index (κ2) is 5.94. The monoisotopic (exact) mass is 303 g/mol. The Morgan fingerprint density at radius 3 is 3.00 bits per heavy atom. The van der Waals surface area contributed by atoms with Crippen molar-refractivity contribution >= 4 is 26.8 Å². The lowest BCUT2D eigenvalue weighted by atomic mass is 10.0. The quantitative estimate of drug-likeness (QED) is 0.939. The Balaban J connectivity index is 2.50. The van der Waals surface area contributed by atoms with Crippen molar-refractivity contribution in [1.29, 1.82) is 5.26 Å². The van der Waals surface area contributed by atoms with Gasteiger partial charge in [-0.3, -0.25) is 10.3 Å². The van der Waals surface area contributed by atoms with Crippen LogP contribution in [0, 0.1) is 11.3 Å². The standard InChI is InChI=1S/C14H14BrN3/c1-2-7-17-13(9-16)11-5-6-12(15)10-4-3-8-18-14(10)11/h3-6,8,13,17H,2,7H2,1H3. The van der Waals surface area contributed by atoms with E-state index < -0.39 is 0 Å². The Morgan fingerprint density at radius 2 is 2.28 bits per heavy atom. The van der Waals surface area contributed by atoms with Crippen molar-refractivity contribution in [3.05, 3.63) is 40.5 Å². The molecule has 0 saturated heterocycles. The normalized spacial score (nSPS) is 12.3. The third-order valence-electron chi connectivity index (χ3n) is 2.79. The van der Waals surface area contributed by atoms with E-state index in [1.165, 1.54) is 0 Å². The Hall–Kier alpha value is -1.44. The van der Waals surface area contributed by atoms with Gasteiger partial charge in [-0.25, -0.2) is 0 Å². The summed E-state index contributed by atoms with van der Waals surface area (Å²) < 4.78 is 1.00. The molecule has 18 heavy (non-hydrogen) atoms. The van der Waals surface area contributed by atoms with E-state index in [-0.39, 0.29) is 6.04 Å². The number of hydrogen-bond acceptors (Lipinski definition) is 3. The third kappa shape index (κ3) is 2.53. The topological polar surface area (TPSA) is 48.7 Å². The zero-order valence-electron chi connectivity index (χ0n) is 10.2. The highest BCUT2D eigenvalue weighted by Gasteiger charge is 2.14. The number of hydrogen-bond donors (Lipinski definition) is 1. The lowest BCUT2D eigenvalue weighted by molar-refractivity contribution is 0.623. The number of aromatic nitrogens is 1. The molecule has 1 N–H and O–H groups in total. The molecule has 1 aromatic carbocycles. The summed E-state index contributed by atoms with van der Waals surface area (Å²) in [4.78, 5) is 4.40. The largest absolute Gasteiger partial charge is 0.298 e. The van der Waals surface area contributed by atoms with Gasteiger partial charge in [0.25, 0.3) is 0 Å². The number of fused-ring (bicyclic) bond motifs is 1. The van der Waals surface area contributed by atoms with Crippen molar-refractivity contribution in [2.75, 3.05) is 6.54 Å². The molecular weight excluding hydrogens is 290 g/mol. The molecule has 4 heteroatoms. The van der Waals surface area contributed by atoms with Crippen LogP contribution in [0.2, 0.25) is 0 Å². The molecule has 0 bridgehead atoms. The number of nitrogens with one attached hydrogen (secondary N) is 1. The number of halogens is 1. The summed E-state index contributed by atoms with van der Waals surface area (Å²) in [6, 6.07) is 9.82. The molecule has 0 amide bonds. The van der Waals surface area contributed by atoms with Crippen LogP contribution in [-0.2, 0) is 0 Å². The van der Waals surface area contributed by atoms with Crippen molar-refractivity contribution in [2.24, 2.45) is 0 Å². The minimum atomic E-state index is -0.310. The molecule has 0 spiro atoms. The van der Waals surface area contributed by atoms with E-state index in [4.69, 9.17) is 0 Å². The van der Waals surface area contributed by atoms with Gasteiger partial charge in [-0.05, 0) is 25.1 Å². The smallest absolute Gasteiger partial charge is 0.123 e. The van der Waals surface area contributed by atoms with E-state index in [2.05, 4.69) is 39.2 Å². The molecule has 0 saturated carbocycles. The second-order valence-corrected chi connectivity index (χ2v) is 4.91. The van der Waals surface area contributed by atoms with Crippen molar-refractivity contribution in [1.82, 2.24) is 10.3 Å². The molecular formula is C14H14BrN3. The van der Waals surface area contributed by atoms with Crippen LogP contribution in [0.15, 0.2) is 34.9 Å². The average Bonchev–Trinajstić information content (AvgIpc) is 2.42. The molecule has 1 aromatic heterocycles. The lowest BCUT2D eigenvalue weighted by Crippen LogP contribution is -2.21. The molecule has 92 valence electrons. The maximum atomic E-state index is 9.28. The van der Waals surface area contributed by atoms with Crippen molar-refractivity contribution < 1.29 is 0 Å². The predicted octanol–water partition coefficient (Wildman–Crippen LogP) is 3.56. The van der Waals surface area contributed by atoms with Crippen LogP contribution in [-0.4, -0.2) is 11.5 Å². The van der Waals surface area contributed by atoms with Gasteiger partial charge in [0, 0.05) is 21.6 Å². The minimum Gasteiger partial charge on any atom is -0.298 e. The fraction of sp³-hybridized carbons (Fsp3) is 0.286. The highest BCUT2D eigenvalue weighted by molar-refractivity contribution is 9.10. The summed E-state index contributed by atoms with van der Waals surface area (Å²) in [5, 5.41) is 13.5.